The summed E-state index contributed by atoms with van der Waals surface area (Å²) in [6, 6.07) is 2.37. The van der Waals surface area contributed by atoms with Gasteiger partial charge in [-0.25, -0.2) is 0 Å². The van der Waals surface area contributed by atoms with Crippen molar-refractivity contribution in [2.24, 2.45) is 5.41 Å². The van der Waals surface area contributed by atoms with E-state index in [4.69, 9.17) is 5.26 Å². The van der Waals surface area contributed by atoms with Crippen LogP contribution in [0.15, 0.2) is 12.4 Å². The lowest BCUT2D eigenvalue weighted by molar-refractivity contribution is 0.244. The van der Waals surface area contributed by atoms with E-state index in [0.717, 1.165) is 0 Å². The van der Waals surface area contributed by atoms with Crippen LogP contribution >= 0.6 is 0 Å². The molecule has 13 heavy (non-hydrogen) atoms. The first kappa shape index (κ1) is 9.79. The molecule has 70 valence electrons. The Bertz CT molecular complexity index is 325. The molecular weight excluding hydrogens is 162 g/mol. The van der Waals surface area contributed by atoms with E-state index in [1.54, 1.807) is 12.4 Å². The molecule has 0 fully saturated rings. The molecule has 1 heterocycles. The standard InChI is InChI=1S/C10H15N3/c1-8(10(2,3)4)13-7-9(5-11)6-12-13/h6-8H,1-4H3/t8-/m1/s1. The molecule has 0 saturated heterocycles. The first-order valence-electron chi connectivity index (χ1n) is 4.39. The van der Waals surface area contributed by atoms with Crippen molar-refractivity contribution >= 4 is 0 Å². The maximum Gasteiger partial charge on any atom is 0.102 e. The highest BCUT2D eigenvalue weighted by atomic mass is 15.3. The summed E-state index contributed by atoms with van der Waals surface area (Å²) in [4.78, 5) is 0. The van der Waals surface area contributed by atoms with Crippen molar-refractivity contribution in [2.45, 2.75) is 33.7 Å². The molecule has 0 unspecified atom stereocenters. The van der Waals surface area contributed by atoms with Gasteiger partial charge in [0.05, 0.1) is 17.8 Å². The summed E-state index contributed by atoms with van der Waals surface area (Å²) >= 11 is 0. The Balaban J connectivity index is 2.91. The summed E-state index contributed by atoms with van der Waals surface area (Å²) in [7, 11) is 0. The van der Waals surface area contributed by atoms with Gasteiger partial charge in [-0.05, 0) is 12.3 Å². The van der Waals surface area contributed by atoms with Crippen molar-refractivity contribution in [1.29, 1.82) is 5.26 Å². The Morgan fingerprint density at radius 1 is 1.54 bits per heavy atom. The van der Waals surface area contributed by atoms with Gasteiger partial charge in [0.25, 0.3) is 0 Å². The lowest BCUT2D eigenvalue weighted by Gasteiger charge is -2.27. The molecule has 1 aromatic heterocycles. The van der Waals surface area contributed by atoms with Gasteiger partial charge in [0.2, 0.25) is 0 Å². The number of hydrogen-bond acceptors (Lipinski definition) is 2. The summed E-state index contributed by atoms with van der Waals surface area (Å²) < 4.78 is 1.85. The normalized spacial score (nSPS) is 13.8. The minimum absolute atomic E-state index is 0.165. The second-order valence-electron chi connectivity index (χ2n) is 4.36. The molecule has 3 nitrogen and oxygen atoms in total. The van der Waals surface area contributed by atoms with E-state index >= 15 is 0 Å². The van der Waals surface area contributed by atoms with E-state index in [1.807, 2.05) is 4.68 Å². The van der Waals surface area contributed by atoms with Gasteiger partial charge in [0, 0.05) is 6.20 Å². The molecule has 0 aliphatic carbocycles. The molecule has 0 N–H and O–H groups in total. The summed E-state index contributed by atoms with van der Waals surface area (Å²) in [5, 5.41) is 12.8. The Hall–Kier alpha value is -1.30. The molecular formula is C10H15N3. The van der Waals surface area contributed by atoms with Gasteiger partial charge < -0.3 is 0 Å². The molecule has 0 amide bonds. The van der Waals surface area contributed by atoms with Gasteiger partial charge in [-0.15, -0.1) is 0 Å². The third-order valence-electron chi connectivity index (χ3n) is 2.38. The lowest BCUT2D eigenvalue weighted by atomic mass is 9.88. The number of rotatable bonds is 1. The first-order chi connectivity index (χ1) is 5.95. The fourth-order valence-corrected chi connectivity index (χ4v) is 1.00. The van der Waals surface area contributed by atoms with Crippen LogP contribution in [0.3, 0.4) is 0 Å². The second kappa shape index (κ2) is 3.21. The van der Waals surface area contributed by atoms with Crippen LogP contribution in [0.1, 0.15) is 39.3 Å². The van der Waals surface area contributed by atoms with Gasteiger partial charge in [0.1, 0.15) is 6.07 Å². The van der Waals surface area contributed by atoms with Crippen LogP contribution in [0.2, 0.25) is 0 Å². The predicted molar refractivity (Wildman–Crippen MR) is 51.1 cm³/mol. The van der Waals surface area contributed by atoms with Gasteiger partial charge in [0.15, 0.2) is 0 Å². The average Bonchev–Trinajstić information content (AvgIpc) is 2.48. The fraction of sp³-hybridized carbons (Fsp3) is 0.600. The molecule has 0 aliphatic heterocycles. The summed E-state index contributed by atoms with van der Waals surface area (Å²) in [6.07, 6.45) is 3.39. The van der Waals surface area contributed by atoms with Crippen LogP contribution in [0, 0.1) is 16.7 Å². The van der Waals surface area contributed by atoms with E-state index in [-0.39, 0.29) is 5.41 Å². The molecule has 1 aromatic rings. The topological polar surface area (TPSA) is 41.6 Å². The number of nitriles is 1. The summed E-state index contributed by atoms with van der Waals surface area (Å²) in [6.45, 7) is 8.58. The highest BCUT2D eigenvalue weighted by Crippen LogP contribution is 2.29. The van der Waals surface area contributed by atoms with E-state index in [0.29, 0.717) is 11.6 Å². The smallest absolute Gasteiger partial charge is 0.102 e. The highest BCUT2D eigenvalue weighted by molar-refractivity contribution is 5.21. The van der Waals surface area contributed by atoms with Crippen molar-refractivity contribution in [3.8, 4) is 6.07 Å². The van der Waals surface area contributed by atoms with Gasteiger partial charge >= 0.3 is 0 Å². The molecule has 1 rings (SSSR count). The minimum atomic E-state index is 0.165. The maximum absolute atomic E-state index is 8.63. The zero-order valence-electron chi connectivity index (χ0n) is 8.57. The Kier molecular flexibility index (Phi) is 2.42. The largest absolute Gasteiger partial charge is 0.268 e. The SMILES string of the molecule is C[C@@H](n1cc(C#N)cn1)C(C)(C)C. The quantitative estimate of drug-likeness (QED) is 0.660. The number of aromatic nitrogens is 2. The highest BCUT2D eigenvalue weighted by Gasteiger charge is 2.22. The number of nitrogens with zero attached hydrogens (tertiary/aromatic N) is 3. The van der Waals surface area contributed by atoms with E-state index in [1.165, 1.54) is 0 Å². The van der Waals surface area contributed by atoms with Crippen LogP contribution < -0.4 is 0 Å². The minimum Gasteiger partial charge on any atom is -0.268 e. The molecule has 0 aliphatic rings. The Morgan fingerprint density at radius 2 is 2.15 bits per heavy atom. The van der Waals surface area contributed by atoms with Crippen molar-refractivity contribution < 1.29 is 0 Å². The summed E-state index contributed by atoms with van der Waals surface area (Å²) in [5.41, 5.74) is 0.787. The molecule has 3 heteroatoms. The monoisotopic (exact) mass is 177 g/mol. The molecule has 0 radical (unpaired) electrons. The van der Waals surface area contributed by atoms with Crippen LogP contribution in [-0.4, -0.2) is 9.78 Å². The predicted octanol–water partition coefficient (Wildman–Crippen LogP) is 2.36. The zero-order valence-corrected chi connectivity index (χ0v) is 8.57. The van der Waals surface area contributed by atoms with Gasteiger partial charge in [-0.3, -0.25) is 4.68 Å². The van der Waals surface area contributed by atoms with E-state index < -0.39 is 0 Å². The molecule has 1 atom stereocenters. The summed E-state index contributed by atoms with van der Waals surface area (Å²) in [5.74, 6) is 0. The lowest BCUT2D eigenvalue weighted by Crippen LogP contribution is -2.21. The first-order valence-corrected chi connectivity index (χ1v) is 4.39. The van der Waals surface area contributed by atoms with Crippen molar-refractivity contribution in [3.05, 3.63) is 18.0 Å². The van der Waals surface area contributed by atoms with Crippen molar-refractivity contribution in [2.75, 3.05) is 0 Å². The van der Waals surface area contributed by atoms with E-state index in [2.05, 4.69) is 38.9 Å². The van der Waals surface area contributed by atoms with Crippen molar-refractivity contribution in [1.82, 2.24) is 9.78 Å². The van der Waals surface area contributed by atoms with Gasteiger partial charge in [-0.1, -0.05) is 20.8 Å². The maximum atomic E-state index is 8.63. The Labute approximate surface area is 79.0 Å². The van der Waals surface area contributed by atoms with Crippen molar-refractivity contribution in [3.63, 3.8) is 0 Å². The third kappa shape index (κ3) is 2.09. The molecule has 0 spiro atoms. The molecule has 0 bridgehead atoms. The second-order valence-corrected chi connectivity index (χ2v) is 4.36. The Morgan fingerprint density at radius 3 is 2.54 bits per heavy atom. The number of hydrogen-bond donors (Lipinski definition) is 0. The zero-order chi connectivity index (χ0) is 10.1. The van der Waals surface area contributed by atoms with Crippen LogP contribution in [0.5, 0.6) is 0 Å². The average molecular weight is 177 g/mol. The van der Waals surface area contributed by atoms with Crippen LogP contribution in [-0.2, 0) is 0 Å². The van der Waals surface area contributed by atoms with Crippen LogP contribution in [0.4, 0.5) is 0 Å². The third-order valence-corrected chi connectivity index (χ3v) is 2.38. The fourth-order valence-electron chi connectivity index (χ4n) is 1.00. The molecule has 0 aromatic carbocycles. The molecule has 0 saturated carbocycles. The van der Waals surface area contributed by atoms with Gasteiger partial charge in [-0.2, -0.15) is 10.4 Å². The van der Waals surface area contributed by atoms with E-state index in [9.17, 15) is 0 Å². The van der Waals surface area contributed by atoms with Crippen LogP contribution in [0.25, 0.3) is 0 Å².